The van der Waals surface area contributed by atoms with Gasteiger partial charge in [0.25, 0.3) is 0 Å². The quantitative estimate of drug-likeness (QED) is 0.822. The van der Waals surface area contributed by atoms with E-state index in [0.29, 0.717) is 11.9 Å². The zero-order valence-corrected chi connectivity index (χ0v) is 16.6. The van der Waals surface area contributed by atoms with Crippen LogP contribution >= 0.6 is 0 Å². The van der Waals surface area contributed by atoms with Gasteiger partial charge in [-0.3, -0.25) is 4.79 Å². The van der Waals surface area contributed by atoms with Crippen molar-refractivity contribution < 1.29 is 4.79 Å². The van der Waals surface area contributed by atoms with E-state index in [4.69, 9.17) is 0 Å². The maximum absolute atomic E-state index is 13.3. The molecule has 2 aromatic rings. The number of nitrogens with zero attached hydrogens (tertiary/aromatic N) is 4. The highest BCUT2D eigenvalue weighted by molar-refractivity contribution is 5.85. The van der Waals surface area contributed by atoms with Crippen molar-refractivity contribution in [3.05, 3.63) is 54.0 Å². The van der Waals surface area contributed by atoms with E-state index in [1.165, 1.54) is 18.4 Å². The van der Waals surface area contributed by atoms with Crippen LogP contribution in [0.15, 0.2) is 42.6 Å². The molecule has 28 heavy (non-hydrogen) atoms. The Morgan fingerprint density at radius 3 is 2.50 bits per heavy atom. The van der Waals surface area contributed by atoms with Crippen LogP contribution in [0, 0.1) is 12.3 Å². The highest BCUT2D eigenvalue weighted by atomic mass is 16.2. The smallest absolute Gasteiger partial charge is 0.230 e. The molecule has 1 atom stereocenters. The van der Waals surface area contributed by atoms with E-state index >= 15 is 0 Å². The van der Waals surface area contributed by atoms with Crippen molar-refractivity contribution >= 4 is 11.7 Å². The van der Waals surface area contributed by atoms with Gasteiger partial charge in [0.2, 0.25) is 5.91 Å². The number of likely N-dealkylation sites (tertiary alicyclic amines) is 1. The third-order valence-corrected chi connectivity index (χ3v) is 6.82. The molecule has 3 heterocycles. The lowest BCUT2D eigenvalue weighted by atomic mass is 9.67. The molecule has 0 radical (unpaired) electrons. The Morgan fingerprint density at radius 2 is 1.82 bits per heavy atom. The summed E-state index contributed by atoms with van der Waals surface area (Å²) in [6.45, 7) is 4.89. The molecule has 5 nitrogen and oxygen atoms in total. The summed E-state index contributed by atoms with van der Waals surface area (Å²) in [6.07, 6.45) is 7.42. The molecule has 1 amide bonds. The fraction of sp³-hybridized carbons (Fsp3) is 0.522. The normalized spacial score (nSPS) is 24.6. The van der Waals surface area contributed by atoms with Gasteiger partial charge in [0, 0.05) is 31.9 Å². The van der Waals surface area contributed by atoms with Gasteiger partial charge in [-0.1, -0.05) is 30.3 Å². The van der Waals surface area contributed by atoms with Crippen LogP contribution in [0.2, 0.25) is 0 Å². The number of hydrogen-bond donors (Lipinski definition) is 0. The van der Waals surface area contributed by atoms with Crippen molar-refractivity contribution in [2.24, 2.45) is 5.41 Å². The third-order valence-electron chi connectivity index (χ3n) is 6.82. The van der Waals surface area contributed by atoms with Crippen LogP contribution in [0.25, 0.3) is 0 Å². The molecule has 3 fully saturated rings. The number of anilines is 1. The zero-order valence-electron chi connectivity index (χ0n) is 16.6. The van der Waals surface area contributed by atoms with Crippen molar-refractivity contribution in [3.8, 4) is 0 Å². The molecule has 2 saturated heterocycles. The summed E-state index contributed by atoms with van der Waals surface area (Å²) >= 11 is 0. The van der Waals surface area contributed by atoms with E-state index < -0.39 is 0 Å². The standard InChI is InChI=1S/C23H28N4O/c1-17-24-12-9-21(25-17)26-13-10-23(11-14-26)15-20(18-5-3-2-4-6-18)22(28)27(16-23)19-7-8-19/h2-6,9,12,19-20H,7-8,10-11,13-16H2,1H3. The van der Waals surface area contributed by atoms with Crippen LogP contribution in [0.1, 0.15) is 49.4 Å². The first kappa shape index (κ1) is 17.7. The number of aryl methyl sites for hydroxylation is 1. The SMILES string of the molecule is Cc1nccc(N2CCC3(CC2)CC(c2ccccc2)C(=O)N(C2CC2)C3)n1. The molecule has 1 aromatic heterocycles. The number of piperidine rings is 2. The Hall–Kier alpha value is -2.43. The summed E-state index contributed by atoms with van der Waals surface area (Å²) in [5.41, 5.74) is 1.42. The average Bonchev–Trinajstić information content (AvgIpc) is 3.56. The van der Waals surface area contributed by atoms with E-state index in [-0.39, 0.29) is 11.3 Å². The number of rotatable bonds is 3. The van der Waals surface area contributed by atoms with Gasteiger partial charge in [0.05, 0.1) is 5.92 Å². The monoisotopic (exact) mass is 376 g/mol. The first-order valence-corrected chi connectivity index (χ1v) is 10.5. The molecule has 1 saturated carbocycles. The van der Waals surface area contributed by atoms with Crippen molar-refractivity contribution in [1.29, 1.82) is 0 Å². The average molecular weight is 377 g/mol. The summed E-state index contributed by atoms with van der Waals surface area (Å²) < 4.78 is 0. The summed E-state index contributed by atoms with van der Waals surface area (Å²) in [5.74, 6) is 2.23. The van der Waals surface area contributed by atoms with E-state index in [0.717, 1.165) is 50.5 Å². The predicted molar refractivity (Wildman–Crippen MR) is 109 cm³/mol. The molecule has 2 aliphatic heterocycles. The Kier molecular flexibility index (Phi) is 4.33. The molecule has 5 rings (SSSR count). The van der Waals surface area contributed by atoms with Gasteiger partial charge in [-0.25, -0.2) is 9.97 Å². The minimum absolute atomic E-state index is 0.0170. The molecule has 1 spiro atoms. The summed E-state index contributed by atoms with van der Waals surface area (Å²) in [6, 6.07) is 12.9. The lowest BCUT2D eigenvalue weighted by Gasteiger charge is -2.50. The Labute approximate surface area is 166 Å². The third kappa shape index (κ3) is 3.27. The van der Waals surface area contributed by atoms with Crippen LogP contribution in [-0.4, -0.2) is 46.5 Å². The number of carbonyl (C=O) groups excluding carboxylic acids is 1. The van der Waals surface area contributed by atoms with Crippen LogP contribution in [0.4, 0.5) is 5.82 Å². The van der Waals surface area contributed by atoms with Crippen molar-refractivity contribution in [3.63, 3.8) is 0 Å². The van der Waals surface area contributed by atoms with Crippen LogP contribution in [0.5, 0.6) is 0 Å². The molecule has 0 bridgehead atoms. The predicted octanol–water partition coefficient (Wildman–Crippen LogP) is 3.55. The topological polar surface area (TPSA) is 49.3 Å². The molecular weight excluding hydrogens is 348 g/mol. The number of aromatic nitrogens is 2. The number of amides is 1. The Morgan fingerprint density at radius 1 is 1.07 bits per heavy atom. The maximum atomic E-state index is 13.3. The van der Waals surface area contributed by atoms with Crippen LogP contribution in [0.3, 0.4) is 0 Å². The second-order valence-corrected chi connectivity index (χ2v) is 8.81. The molecule has 1 unspecified atom stereocenters. The van der Waals surface area contributed by atoms with Crippen molar-refractivity contribution in [2.75, 3.05) is 24.5 Å². The summed E-state index contributed by atoms with van der Waals surface area (Å²) in [5, 5.41) is 0. The Bertz CT molecular complexity index is 856. The first-order valence-electron chi connectivity index (χ1n) is 10.5. The van der Waals surface area contributed by atoms with Gasteiger partial charge in [0.1, 0.15) is 11.6 Å². The van der Waals surface area contributed by atoms with E-state index in [1.807, 2.05) is 25.3 Å². The van der Waals surface area contributed by atoms with Gasteiger partial charge < -0.3 is 9.80 Å². The largest absolute Gasteiger partial charge is 0.356 e. The van der Waals surface area contributed by atoms with Crippen LogP contribution in [-0.2, 0) is 4.79 Å². The van der Waals surface area contributed by atoms with E-state index in [9.17, 15) is 4.79 Å². The first-order chi connectivity index (χ1) is 13.6. The summed E-state index contributed by atoms with van der Waals surface area (Å²) in [4.78, 5) is 26.7. The zero-order chi connectivity index (χ0) is 19.1. The molecule has 0 N–H and O–H groups in total. The van der Waals surface area contributed by atoms with Crippen molar-refractivity contribution in [1.82, 2.24) is 14.9 Å². The van der Waals surface area contributed by atoms with Crippen LogP contribution < -0.4 is 4.90 Å². The fourth-order valence-corrected chi connectivity index (χ4v) is 5.06. The molecular formula is C23H28N4O. The lowest BCUT2D eigenvalue weighted by molar-refractivity contribution is -0.141. The van der Waals surface area contributed by atoms with Gasteiger partial charge >= 0.3 is 0 Å². The number of hydrogen-bond acceptors (Lipinski definition) is 4. The lowest BCUT2D eigenvalue weighted by Crippen LogP contribution is -2.54. The highest BCUT2D eigenvalue weighted by Crippen LogP contribution is 2.48. The number of benzene rings is 1. The Balaban J connectivity index is 1.37. The van der Waals surface area contributed by atoms with E-state index in [1.54, 1.807) is 0 Å². The molecule has 1 aromatic carbocycles. The molecule has 5 heteroatoms. The van der Waals surface area contributed by atoms with Crippen molar-refractivity contribution in [2.45, 2.75) is 51.0 Å². The van der Waals surface area contributed by atoms with Gasteiger partial charge in [-0.15, -0.1) is 0 Å². The summed E-state index contributed by atoms with van der Waals surface area (Å²) in [7, 11) is 0. The van der Waals surface area contributed by atoms with E-state index in [2.05, 4.69) is 44.0 Å². The second-order valence-electron chi connectivity index (χ2n) is 8.81. The van der Waals surface area contributed by atoms with Gasteiger partial charge in [-0.05, 0) is 56.1 Å². The maximum Gasteiger partial charge on any atom is 0.230 e. The highest BCUT2D eigenvalue weighted by Gasteiger charge is 2.49. The molecule has 146 valence electrons. The van der Waals surface area contributed by atoms with Gasteiger partial charge in [0.15, 0.2) is 0 Å². The minimum Gasteiger partial charge on any atom is -0.356 e. The minimum atomic E-state index is 0.0170. The number of carbonyl (C=O) groups is 1. The molecule has 3 aliphatic rings. The molecule has 1 aliphatic carbocycles. The fourth-order valence-electron chi connectivity index (χ4n) is 5.06. The van der Waals surface area contributed by atoms with Gasteiger partial charge in [-0.2, -0.15) is 0 Å². The second kappa shape index (κ2) is 6.87.